The van der Waals surface area contributed by atoms with Crippen molar-refractivity contribution in [2.45, 2.75) is 39.2 Å². The van der Waals surface area contributed by atoms with Crippen LogP contribution in [-0.4, -0.2) is 47.8 Å². The SMILES string of the molecule is Cc1ccc(C(=O)N2CCC(C(Cc3ccccc3)N(C)C(=O)c3cccs3)CC2)cc1C. The summed E-state index contributed by atoms with van der Waals surface area (Å²) in [6, 6.07) is 20.3. The second kappa shape index (κ2) is 10.3. The molecule has 1 aromatic heterocycles. The van der Waals surface area contributed by atoms with Gasteiger partial charge in [0.25, 0.3) is 11.8 Å². The summed E-state index contributed by atoms with van der Waals surface area (Å²) in [6.45, 7) is 5.56. The smallest absolute Gasteiger partial charge is 0.263 e. The van der Waals surface area contributed by atoms with Crippen LogP contribution in [0.1, 0.15) is 49.6 Å². The molecule has 1 saturated heterocycles. The maximum atomic E-state index is 13.2. The maximum Gasteiger partial charge on any atom is 0.263 e. The standard InChI is InChI=1S/C28H32N2O2S/c1-20-11-12-24(18-21(20)2)27(31)30-15-13-23(14-16-30)25(19-22-8-5-4-6-9-22)29(3)28(32)26-10-7-17-33-26/h4-12,17-18,23,25H,13-16,19H2,1-3H3. The highest BCUT2D eigenvalue weighted by molar-refractivity contribution is 7.12. The number of aryl methyl sites for hydroxylation is 2. The second-order valence-electron chi connectivity index (χ2n) is 9.08. The summed E-state index contributed by atoms with van der Waals surface area (Å²) in [5.74, 6) is 0.543. The van der Waals surface area contributed by atoms with E-state index >= 15 is 0 Å². The first kappa shape index (κ1) is 23.2. The lowest BCUT2D eigenvalue weighted by Gasteiger charge is -2.40. The minimum Gasteiger partial charge on any atom is -0.339 e. The van der Waals surface area contributed by atoms with Gasteiger partial charge in [0.1, 0.15) is 0 Å². The van der Waals surface area contributed by atoms with Gasteiger partial charge in [0.2, 0.25) is 0 Å². The average Bonchev–Trinajstić information content (AvgIpc) is 3.39. The van der Waals surface area contributed by atoms with E-state index in [1.807, 2.05) is 65.5 Å². The molecule has 0 spiro atoms. The van der Waals surface area contributed by atoms with Crippen LogP contribution in [0.15, 0.2) is 66.0 Å². The summed E-state index contributed by atoms with van der Waals surface area (Å²) in [5.41, 5.74) is 4.35. The zero-order valence-electron chi connectivity index (χ0n) is 19.7. The largest absolute Gasteiger partial charge is 0.339 e. The van der Waals surface area contributed by atoms with Gasteiger partial charge >= 0.3 is 0 Å². The van der Waals surface area contributed by atoms with E-state index in [9.17, 15) is 9.59 Å². The Morgan fingerprint density at radius 2 is 1.73 bits per heavy atom. The van der Waals surface area contributed by atoms with E-state index in [1.54, 1.807) is 0 Å². The van der Waals surface area contributed by atoms with E-state index in [2.05, 4.69) is 31.2 Å². The number of likely N-dealkylation sites (tertiary alicyclic amines) is 1. The summed E-state index contributed by atoms with van der Waals surface area (Å²) in [6.07, 6.45) is 2.62. The Hall–Kier alpha value is -2.92. The molecule has 1 aliphatic rings. The highest BCUT2D eigenvalue weighted by Gasteiger charge is 2.33. The van der Waals surface area contributed by atoms with Gasteiger partial charge in [-0.1, -0.05) is 42.5 Å². The quantitative estimate of drug-likeness (QED) is 0.480. The zero-order chi connectivity index (χ0) is 23.4. The van der Waals surface area contributed by atoms with Crippen LogP contribution >= 0.6 is 11.3 Å². The molecule has 0 aliphatic carbocycles. The normalized spacial score (nSPS) is 15.3. The molecule has 172 valence electrons. The molecule has 1 aliphatic heterocycles. The molecule has 0 radical (unpaired) electrons. The number of rotatable bonds is 6. The second-order valence-corrected chi connectivity index (χ2v) is 10.0. The average molecular weight is 461 g/mol. The van der Waals surface area contributed by atoms with Crippen molar-refractivity contribution >= 4 is 23.2 Å². The highest BCUT2D eigenvalue weighted by atomic mass is 32.1. The Balaban J connectivity index is 1.48. The van der Waals surface area contributed by atoms with E-state index < -0.39 is 0 Å². The Bertz CT molecular complexity index is 1090. The molecule has 4 rings (SSSR count). The van der Waals surface area contributed by atoms with Crippen LogP contribution in [0.3, 0.4) is 0 Å². The number of likely N-dealkylation sites (N-methyl/N-ethyl adjacent to an activating group) is 1. The predicted octanol–water partition coefficient (Wildman–Crippen LogP) is 5.60. The van der Waals surface area contributed by atoms with Gasteiger partial charge in [0.05, 0.1) is 4.88 Å². The number of carbonyl (C=O) groups excluding carboxylic acids is 2. The lowest BCUT2D eigenvalue weighted by Crippen LogP contribution is -2.48. The van der Waals surface area contributed by atoms with Crippen molar-refractivity contribution in [2.75, 3.05) is 20.1 Å². The fourth-order valence-electron chi connectivity index (χ4n) is 4.74. The van der Waals surface area contributed by atoms with Crippen LogP contribution in [0.2, 0.25) is 0 Å². The summed E-state index contributed by atoms with van der Waals surface area (Å²) in [7, 11) is 1.93. The lowest BCUT2D eigenvalue weighted by molar-refractivity contribution is 0.0525. The number of amides is 2. The molecule has 3 aromatic rings. The molecule has 2 aromatic carbocycles. The minimum atomic E-state index is 0.0829. The molecule has 2 heterocycles. The van der Waals surface area contributed by atoms with Gasteiger partial charge in [-0.25, -0.2) is 0 Å². The third kappa shape index (κ3) is 5.36. The highest BCUT2D eigenvalue weighted by Crippen LogP contribution is 2.29. The first-order valence-corrected chi connectivity index (χ1v) is 12.5. The van der Waals surface area contributed by atoms with Crippen molar-refractivity contribution in [3.05, 3.63) is 93.2 Å². The Morgan fingerprint density at radius 1 is 1.00 bits per heavy atom. The van der Waals surface area contributed by atoms with Crippen molar-refractivity contribution in [1.29, 1.82) is 0 Å². The van der Waals surface area contributed by atoms with Crippen LogP contribution in [0.4, 0.5) is 0 Å². The van der Waals surface area contributed by atoms with Crippen LogP contribution in [0.5, 0.6) is 0 Å². The van der Waals surface area contributed by atoms with Gasteiger partial charge in [-0.3, -0.25) is 9.59 Å². The van der Waals surface area contributed by atoms with Crippen LogP contribution in [0, 0.1) is 19.8 Å². The molecule has 4 nitrogen and oxygen atoms in total. The number of thiophene rings is 1. The summed E-state index contributed by atoms with van der Waals surface area (Å²) in [5, 5.41) is 1.95. The number of hydrogen-bond donors (Lipinski definition) is 0. The Kier molecular flexibility index (Phi) is 7.29. The van der Waals surface area contributed by atoms with Gasteiger partial charge in [-0.05, 0) is 79.3 Å². The Labute approximate surface area is 200 Å². The van der Waals surface area contributed by atoms with Gasteiger partial charge in [-0.15, -0.1) is 11.3 Å². The number of nitrogens with zero attached hydrogens (tertiary/aromatic N) is 2. The van der Waals surface area contributed by atoms with Crippen LogP contribution in [0.25, 0.3) is 0 Å². The molecule has 1 fully saturated rings. The third-order valence-corrected chi connectivity index (χ3v) is 7.82. The van der Waals surface area contributed by atoms with Crippen LogP contribution < -0.4 is 0 Å². The first-order chi connectivity index (χ1) is 15.9. The monoisotopic (exact) mass is 460 g/mol. The minimum absolute atomic E-state index is 0.0829. The third-order valence-electron chi connectivity index (χ3n) is 6.96. The van der Waals surface area contributed by atoms with Gasteiger partial charge in [0, 0.05) is 31.7 Å². The number of carbonyl (C=O) groups is 2. The number of piperidine rings is 1. The Morgan fingerprint density at radius 3 is 2.36 bits per heavy atom. The lowest BCUT2D eigenvalue weighted by atomic mass is 9.84. The predicted molar refractivity (Wildman–Crippen MR) is 135 cm³/mol. The van der Waals surface area contributed by atoms with E-state index in [1.165, 1.54) is 22.5 Å². The molecule has 1 unspecified atom stereocenters. The van der Waals surface area contributed by atoms with E-state index in [4.69, 9.17) is 0 Å². The zero-order valence-corrected chi connectivity index (χ0v) is 20.5. The molecule has 0 bridgehead atoms. The summed E-state index contributed by atoms with van der Waals surface area (Å²) < 4.78 is 0. The summed E-state index contributed by atoms with van der Waals surface area (Å²) in [4.78, 5) is 30.9. The molecule has 0 N–H and O–H groups in total. The maximum absolute atomic E-state index is 13.2. The van der Waals surface area contributed by atoms with E-state index in [0.29, 0.717) is 5.92 Å². The molecule has 2 amide bonds. The summed E-state index contributed by atoms with van der Waals surface area (Å²) >= 11 is 1.49. The molecule has 0 saturated carbocycles. The van der Waals surface area contributed by atoms with E-state index in [0.717, 1.165) is 48.4 Å². The fraction of sp³-hybridized carbons (Fsp3) is 0.357. The van der Waals surface area contributed by atoms with Crippen molar-refractivity contribution in [2.24, 2.45) is 5.92 Å². The first-order valence-electron chi connectivity index (χ1n) is 11.6. The molecular weight excluding hydrogens is 428 g/mol. The molecule has 33 heavy (non-hydrogen) atoms. The molecule has 1 atom stereocenters. The van der Waals surface area contributed by atoms with Gasteiger partial charge < -0.3 is 9.80 Å². The number of hydrogen-bond acceptors (Lipinski definition) is 3. The molecule has 5 heteroatoms. The topological polar surface area (TPSA) is 40.6 Å². The van der Waals surface area contributed by atoms with Crippen molar-refractivity contribution in [1.82, 2.24) is 9.80 Å². The van der Waals surface area contributed by atoms with E-state index in [-0.39, 0.29) is 17.9 Å². The number of benzene rings is 2. The van der Waals surface area contributed by atoms with Gasteiger partial charge in [0.15, 0.2) is 0 Å². The van der Waals surface area contributed by atoms with Crippen molar-refractivity contribution < 1.29 is 9.59 Å². The van der Waals surface area contributed by atoms with Crippen molar-refractivity contribution in [3.8, 4) is 0 Å². The van der Waals surface area contributed by atoms with Crippen LogP contribution in [-0.2, 0) is 6.42 Å². The fourth-order valence-corrected chi connectivity index (χ4v) is 5.45. The van der Waals surface area contributed by atoms with Crippen molar-refractivity contribution in [3.63, 3.8) is 0 Å². The molecular formula is C28H32N2O2S. The van der Waals surface area contributed by atoms with Gasteiger partial charge in [-0.2, -0.15) is 0 Å².